The molecule has 1 radical (unpaired) electrons. The van der Waals surface area contributed by atoms with Crippen LogP contribution in [0.25, 0.3) is 33.2 Å². The number of ketones is 1. The van der Waals surface area contributed by atoms with E-state index in [-0.39, 0.29) is 42.5 Å². The second-order valence-corrected chi connectivity index (χ2v) is 14.1. The third-order valence-electron chi connectivity index (χ3n) is 7.62. The summed E-state index contributed by atoms with van der Waals surface area (Å²) in [5.74, 6) is 0.104. The zero-order valence-electron chi connectivity index (χ0n) is 26.5. The van der Waals surface area contributed by atoms with Crippen LogP contribution in [0.5, 0.6) is 0 Å². The van der Waals surface area contributed by atoms with Gasteiger partial charge < -0.3 is 5.11 Å². The predicted molar refractivity (Wildman–Crippen MR) is 172 cm³/mol. The van der Waals surface area contributed by atoms with Gasteiger partial charge in [0.05, 0.1) is 0 Å². The molecule has 4 heteroatoms. The maximum Gasteiger partial charge on any atom is 0.164 e. The van der Waals surface area contributed by atoms with Gasteiger partial charge in [-0.2, -0.15) is 0 Å². The molecule has 1 N–H and O–H groups in total. The van der Waals surface area contributed by atoms with E-state index in [2.05, 4.69) is 87.5 Å². The van der Waals surface area contributed by atoms with Crippen LogP contribution in [0.15, 0.2) is 78.7 Å². The van der Waals surface area contributed by atoms with Crippen molar-refractivity contribution < 1.29 is 30.0 Å². The molecule has 0 saturated heterocycles. The number of hydrogen-bond donors (Lipinski definition) is 1. The van der Waals surface area contributed by atoms with E-state index in [1.807, 2.05) is 47.7 Å². The van der Waals surface area contributed by atoms with Crippen LogP contribution < -0.4 is 0 Å². The summed E-state index contributed by atoms with van der Waals surface area (Å²) in [7, 11) is 0. The number of aromatic nitrogens is 1. The van der Waals surface area contributed by atoms with Crippen LogP contribution in [-0.4, -0.2) is 15.9 Å². The molecule has 1 aromatic heterocycles. The third-order valence-corrected chi connectivity index (χ3v) is 7.62. The molecule has 1 aliphatic rings. The summed E-state index contributed by atoms with van der Waals surface area (Å²) in [6, 6.07) is 25.5. The quantitative estimate of drug-likeness (QED) is 0.127. The fourth-order valence-corrected chi connectivity index (χ4v) is 5.03. The van der Waals surface area contributed by atoms with Crippen molar-refractivity contribution in [1.82, 2.24) is 4.98 Å². The molecule has 0 fully saturated rings. The van der Waals surface area contributed by atoms with Crippen LogP contribution in [-0.2, 0) is 43.2 Å². The largest absolute Gasteiger partial charge is 0.512 e. The van der Waals surface area contributed by atoms with Crippen LogP contribution in [0, 0.1) is 16.9 Å². The molecule has 0 aliphatic heterocycles. The van der Waals surface area contributed by atoms with Crippen LogP contribution in [0.4, 0.5) is 0 Å². The number of hydrogen-bond acceptors (Lipinski definition) is 3. The molecule has 3 nitrogen and oxygen atoms in total. The van der Waals surface area contributed by atoms with Gasteiger partial charge in [-0.1, -0.05) is 116 Å². The summed E-state index contributed by atoms with van der Waals surface area (Å²) in [5.41, 5.74) is 8.31. The average Bonchev–Trinajstić information content (AvgIpc) is 2.90. The molecule has 0 saturated carbocycles. The predicted octanol–water partition coefficient (Wildman–Crippen LogP) is 9.85. The minimum absolute atomic E-state index is 0. The molecular formula is C38H44IrNO2-. The zero-order chi connectivity index (χ0) is 30.2. The smallest absolute Gasteiger partial charge is 0.164 e. The number of aliphatic hydroxyl groups excluding tert-OH is 1. The van der Waals surface area contributed by atoms with Gasteiger partial charge in [0, 0.05) is 48.9 Å². The molecule has 223 valence electrons. The van der Waals surface area contributed by atoms with E-state index in [0.717, 1.165) is 24.1 Å². The Hall–Kier alpha value is -3.07. The Labute approximate surface area is 265 Å². The Morgan fingerprint density at radius 2 is 1.48 bits per heavy atom. The number of rotatable bonds is 2. The van der Waals surface area contributed by atoms with Gasteiger partial charge in [-0.3, -0.25) is 9.78 Å². The maximum atomic E-state index is 11.5. The Kier molecular flexibility index (Phi) is 10.1. The molecule has 1 heterocycles. The standard InChI is InChI=1S/C27H24N.C11H20O2.Ir/c1-27(2,3)25-17-20(16-19-9-5-7-11-22(19)25)26-24-13-12-18-8-4-6-10-21(18)23(24)14-15-28-26;1-10(2,3)8(12)7-9(13)11(4,5)6;/h4-11,14-15,17H,12-13H2,1-3H3;7,12H,1-6H3;/q-1;;/b;8-7-;. The molecular weight excluding hydrogens is 695 g/mol. The summed E-state index contributed by atoms with van der Waals surface area (Å²) in [4.78, 5) is 16.3. The number of carbonyl (C=O) groups excluding carboxylic acids is 1. The van der Waals surface area contributed by atoms with Crippen molar-refractivity contribution in [2.24, 2.45) is 10.8 Å². The minimum atomic E-state index is -0.417. The van der Waals surface area contributed by atoms with E-state index in [0.29, 0.717) is 0 Å². The van der Waals surface area contributed by atoms with E-state index >= 15 is 0 Å². The summed E-state index contributed by atoms with van der Waals surface area (Å²) < 4.78 is 0. The molecule has 0 atom stereocenters. The average molecular weight is 739 g/mol. The van der Waals surface area contributed by atoms with Gasteiger partial charge in [0.1, 0.15) is 5.76 Å². The number of nitrogens with zero attached hydrogens (tertiary/aromatic N) is 1. The number of benzene rings is 3. The number of pyridine rings is 1. The van der Waals surface area contributed by atoms with E-state index in [9.17, 15) is 9.90 Å². The van der Waals surface area contributed by atoms with Gasteiger partial charge in [0.25, 0.3) is 0 Å². The van der Waals surface area contributed by atoms with E-state index in [1.54, 1.807) is 0 Å². The first-order valence-electron chi connectivity index (χ1n) is 14.5. The van der Waals surface area contributed by atoms with Gasteiger partial charge in [-0.15, -0.1) is 29.1 Å². The third kappa shape index (κ3) is 7.46. The normalized spacial score (nSPS) is 13.3. The van der Waals surface area contributed by atoms with Gasteiger partial charge in [0.2, 0.25) is 0 Å². The summed E-state index contributed by atoms with van der Waals surface area (Å²) in [6.07, 6.45) is 5.39. The summed E-state index contributed by atoms with van der Waals surface area (Å²) in [6.45, 7) is 18.0. The molecule has 42 heavy (non-hydrogen) atoms. The first-order valence-corrected chi connectivity index (χ1v) is 14.5. The fraction of sp³-hybridized carbons (Fsp3) is 0.368. The van der Waals surface area contributed by atoms with Crippen molar-refractivity contribution in [1.29, 1.82) is 0 Å². The van der Waals surface area contributed by atoms with E-state index < -0.39 is 5.41 Å². The summed E-state index contributed by atoms with van der Waals surface area (Å²) >= 11 is 0. The van der Waals surface area contributed by atoms with Crippen LogP contribution in [0.2, 0.25) is 0 Å². The van der Waals surface area contributed by atoms with Crippen molar-refractivity contribution in [2.75, 3.05) is 0 Å². The second kappa shape index (κ2) is 12.7. The van der Waals surface area contributed by atoms with Gasteiger partial charge in [-0.05, 0) is 46.6 Å². The Bertz CT molecular complexity index is 1610. The number of allylic oxidation sites excluding steroid dienone is 2. The second-order valence-electron chi connectivity index (χ2n) is 14.1. The fourth-order valence-electron chi connectivity index (χ4n) is 5.03. The Morgan fingerprint density at radius 3 is 2.12 bits per heavy atom. The molecule has 5 rings (SSSR count). The monoisotopic (exact) mass is 739 g/mol. The first kappa shape index (κ1) is 33.4. The topological polar surface area (TPSA) is 50.2 Å². The van der Waals surface area contributed by atoms with Crippen LogP contribution in [0.3, 0.4) is 0 Å². The van der Waals surface area contributed by atoms with Gasteiger partial charge in [-0.25, -0.2) is 0 Å². The van der Waals surface area contributed by atoms with Crippen LogP contribution in [0.1, 0.15) is 79.0 Å². The number of aliphatic hydroxyl groups is 1. The Balaban J connectivity index is 0.000000297. The van der Waals surface area contributed by atoms with Crippen molar-refractivity contribution in [2.45, 2.75) is 80.6 Å². The zero-order valence-corrected chi connectivity index (χ0v) is 28.9. The molecule has 4 aromatic rings. The van der Waals surface area contributed by atoms with Crippen LogP contribution >= 0.6 is 0 Å². The van der Waals surface area contributed by atoms with Crippen molar-refractivity contribution >= 4 is 16.6 Å². The SMILES string of the molecule is CC(C)(C)C(=O)/C=C(\O)C(C)(C)C.CC(C)(C)c1cc(-c2nccc3c2CCc2ccccc2-3)[c-]c2ccccc12.[Ir]. The molecule has 0 spiro atoms. The maximum absolute atomic E-state index is 11.5. The van der Waals surface area contributed by atoms with Crippen molar-refractivity contribution in [3.8, 4) is 22.4 Å². The molecule has 0 amide bonds. The van der Waals surface area contributed by atoms with Gasteiger partial charge >= 0.3 is 0 Å². The number of fused-ring (bicyclic) bond motifs is 4. The Morgan fingerprint density at radius 1 is 0.833 bits per heavy atom. The minimum Gasteiger partial charge on any atom is -0.512 e. The van der Waals surface area contributed by atoms with Crippen molar-refractivity contribution in [3.63, 3.8) is 0 Å². The van der Waals surface area contributed by atoms with Crippen molar-refractivity contribution in [3.05, 3.63) is 101 Å². The molecule has 0 bridgehead atoms. The van der Waals surface area contributed by atoms with E-state index in [4.69, 9.17) is 4.98 Å². The number of carbonyl (C=O) groups is 1. The first-order chi connectivity index (χ1) is 19.1. The van der Waals surface area contributed by atoms with E-state index in [1.165, 1.54) is 44.7 Å². The number of aryl methyl sites for hydroxylation is 1. The summed E-state index contributed by atoms with van der Waals surface area (Å²) in [5, 5.41) is 12.0. The van der Waals surface area contributed by atoms with Gasteiger partial charge in [0.15, 0.2) is 5.78 Å². The molecule has 1 aliphatic carbocycles. The molecule has 3 aromatic carbocycles. The molecule has 0 unspecified atom stereocenters.